The molecule has 1 aromatic rings. The summed E-state index contributed by atoms with van der Waals surface area (Å²) in [5.74, 6) is 1.27. The monoisotopic (exact) mass is 394 g/mol. The van der Waals surface area contributed by atoms with Gasteiger partial charge < -0.3 is 14.4 Å². The first kappa shape index (κ1) is 21.9. The van der Waals surface area contributed by atoms with Gasteiger partial charge in [-0.05, 0) is 74.6 Å². The van der Waals surface area contributed by atoms with Gasteiger partial charge in [-0.25, -0.2) is 4.79 Å². The molecule has 2 N–H and O–H groups in total. The Morgan fingerprint density at radius 2 is 1.81 bits per heavy atom. The van der Waals surface area contributed by atoms with Crippen molar-refractivity contribution in [3.8, 4) is 5.75 Å². The molecular formula is C21H34N2O3S. The molecule has 0 bridgehead atoms. The first-order valence-corrected chi connectivity index (χ1v) is 10.5. The van der Waals surface area contributed by atoms with Crippen molar-refractivity contribution in [1.29, 1.82) is 0 Å². The second kappa shape index (κ2) is 8.74. The van der Waals surface area contributed by atoms with Crippen LogP contribution in [0.3, 0.4) is 0 Å². The van der Waals surface area contributed by atoms with Gasteiger partial charge in [0.25, 0.3) is 0 Å². The number of rotatable bonds is 4. The third-order valence-electron chi connectivity index (χ3n) is 4.68. The fourth-order valence-corrected chi connectivity index (χ4v) is 3.44. The third kappa shape index (κ3) is 6.61. The predicted octanol–water partition coefficient (Wildman–Crippen LogP) is 4.98. The fraction of sp³-hybridized carbons (Fsp3) is 0.667. The van der Waals surface area contributed by atoms with Crippen molar-refractivity contribution in [2.75, 3.05) is 19.7 Å². The molecule has 1 aromatic carbocycles. The van der Waals surface area contributed by atoms with Crippen molar-refractivity contribution < 1.29 is 14.3 Å². The number of hydrogen-bond donors (Lipinski definition) is 1. The van der Waals surface area contributed by atoms with Crippen LogP contribution >= 0.6 is 11.9 Å². The summed E-state index contributed by atoms with van der Waals surface area (Å²) < 4.78 is 11.5. The molecule has 1 aliphatic heterocycles. The lowest BCUT2D eigenvalue weighted by molar-refractivity contribution is 0.0164. The van der Waals surface area contributed by atoms with Crippen LogP contribution < -0.4 is 9.88 Å². The van der Waals surface area contributed by atoms with E-state index in [0.717, 1.165) is 23.5 Å². The molecule has 27 heavy (non-hydrogen) atoms. The highest BCUT2D eigenvalue weighted by molar-refractivity contribution is 7.97. The van der Waals surface area contributed by atoms with Crippen LogP contribution in [0.1, 0.15) is 59.9 Å². The van der Waals surface area contributed by atoms with Crippen molar-refractivity contribution in [3.05, 3.63) is 23.8 Å². The molecule has 0 aliphatic carbocycles. The summed E-state index contributed by atoms with van der Waals surface area (Å²) in [6.45, 7) is 14.3. The van der Waals surface area contributed by atoms with Crippen LogP contribution in [0.25, 0.3) is 0 Å². The Balaban J connectivity index is 1.87. The molecule has 6 heteroatoms. The second-order valence-electron chi connectivity index (χ2n) is 9.25. The van der Waals surface area contributed by atoms with Crippen molar-refractivity contribution in [1.82, 2.24) is 4.90 Å². The minimum Gasteiger partial charge on any atom is -0.492 e. The fourth-order valence-electron chi connectivity index (χ4n) is 3.00. The Morgan fingerprint density at radius 3 is 2.33 bits per heavy atom. The van der Waals surface area contributed by atoms with Gasteiger partial charge in [-0.2, -0.15) is 0 Å². The Morgan fingerprint density at radius 1 is 1.19 bits per heavy atom. The van der Waals surface area contributed by atoms with Crippen LogP contribution in [-0.4, -0.2) is 36.3 Å². The molecule has 1 saturated heterocycles. The number of ether oxygens (including phenoxy) is 2. The zero-order valence-corrected chi connectivity index (χ0v) is 18.3. The number of nitrogens with two attached hydrogens (primary N) is 1. The maximum Gasteiger partial charge on any atom is 0.410 e. The van der Waals surface area contributed by atoms with Gasteiger partial charge in [-0.15, -0.1) is 0 Å². The second-order valence-corrected chi connectivity index (χ2v) is 9.93. The maximum atomic E-state index is 12.2. The zero-order valence-electron chi connectivity index (χ0n) is 17.5. The highest BCUT2D eigenvalue weighted by Gasteiger charge is 2.27. The van der Waals surface area contributed by atoms with E-state index >= 15 is 0 Å². The number of benzene rings is 1. The van der Waals surface area contributed by atoms with Gasteiger partial charge in [0.05, 0.1) is 11.5 Å². The Kier molecular flexibility index (Phi) is 7.09. The topological polar surface area (TPSA) is 64.8 Å². The van der Waals surface area contributed by atoms with E-state index in [4.69, 9.17) is 14.6 Å². The number of carbonyl (C=O) groups excluding carboxylic acids is 1. The number of likely N-dealkylation sites (tertiary alicyclic amines) is 1. The van der Waals surface area contributed by atoms with E-state index in [1.54, 1.807) is 4.90 Å². The molecule has 1 fully saturated rings. The average molecular weight is 395 g/mol. The van der Waals surface area contributed by atoms with Crippen LogP contribution in [0.4, 0.5) is 4.79 Å². The first-order chi connectivity index (χ1) is 12.5. The summed E-state index contributed by atoms with van der Waals surface area (Å²) >= 11 is 1.23. The largest absolute Gasteiger partial charge is 0.492 e. The van der Waals surface area contributed by atoms with E-state index in [-0.39, 0.29) is 11.5 Å². The average Bonchev–Trinajstić information content (AvgIpc) is 2.58. The van der Waals surface area contributed by atoms with Crippen LogP contribution in [0.2, 0.25) is 0 Å². The Hall–Kier alpha value is -1.40. The lowest BCUT2D eigenvalue weighted by atomic mass is 9.87. The van der Waals surface area contributed by atoms with Gasteiger partial charge >= 0.3 is 6.09 Å². The minimum absolute atomic E-state index is 0.0809. The summed E-state index contributed by atoms with van der Waals surface area (Å²) in [4.78, 5) is 14.9. The van der Waals surface area contributed by atoms with E-state index in [1.807, 2.05) is 26.8 Å². The highest BCUT2D eigenvalue weighted by atomic mass is 32.2. The summed E-state index contributed by atoms with van der Waals surface area (Å²) in [6.07, 6.45) is 1.62. The standard InChI is InChI=1S/C21H34N2O3S/c1-20(2,3)16-7-8-17(18(13-16)27-22)25-14-15-9-11-23(12-10-15)19(24)26-21(4,5)6/h7-8,13,15H,9-12,14,22H2,1-6H3. The summed E-state index contributed by atoms with van der Waals surface area (Å²) in [7, 11) is 0. The maximum absolute atomic E-state index is 12.2. The molecule has 0 unspecified atom stereocenters. The lowest BCUT2D eigenvalue weighted by Crippen LogP contribution is -2.42. The van der Waals surface area contributed by atoms with Gasteiger partial charge in [0.15, 0.2) is 0 Å². The number of nitrogens with zero attached hydrogens (tertiary/aromatic N) is 1. The minimum atomic E-state index is -0.452. The van der Waals surface area contributed by atoms with E-state index < -0.39 is 5.60 Å². The van der Waals surface area contributed by atoms with Gasteiger partial charge in [0, 0.05) is 13.1 Å². The van der Waals surface area contributed by atoms with Gasteiger partial charge in [-0.1, -0.05) is 26.8 Å². The molecule has 152 valence electrons. The van der Waals surface area contributed by atoms with Crippen molar-refractivity contribution in [3.63, 3.8) is 0 Å². The van der Waals surface area contributed by atoms with Crippen LogP contribution in [0.5, 0.6) is 5.75 Å². The Bertz CT molecular complexity index is 642. The molecule has 0 atom stereocenters. The molecule has 0 spiro atoms. The van der Waals surface area contributed by atoms with Crippen molar-refractivity contribution in [2.24, 2.45) is 11.1 Å². The predicted molar refractivity (Wildman–Crippen MR) is 111 cm³/mol. The van der Waals surface area contributed by atoms with E-state index in [9.17, 15) is 4.79 Å². The molecule has 1 aliphatic rings. The molecule has 2 rings (SSSR count). The van der Waals surface area contributed by atoms with Crippen molar-refractivity contribution in [2.45, 2.75) is 70.3 Å². The number of carbonyl (C=O) groups is 1. The van der Waals surface area contributed by atoms with Crippen molar-refractivity contribution >= 4 is 18.0 Å². The normalized spacial score (nSPS) is 16.3. The Labute approximate surface area is 168 Å². The molecule has 1 amide bonds. The molecule has 0 aromatic heterocycles. The summed E-state index contributed by atoms with van der Waals surface area (Å²) in [6, 6.07) is 6.25. The number of piperidine rings is 1. The number of hydrogen-bond acceptors (Lipinski definition) is 5. The molecule has 0 saturated carbocycles. The van der Waals surface area contributed by atoms with Crippen LogP contribution in [0.15, 0.2) is 23.1 Å². The molecule has 5 nitrogen and oxygen atoms in total. The molecule has 1 heterocycles. The molecular weight excluding hydrogens is 360 g/mol. The summed E-state index contributed by atoms with van der Waals surface area (Å²) in [5.41, 5.74) is 0.873. The quantitative estimate of drug-likeness (QED) is 0.730. The first-order valence-electron chi connectivity index (χ1n) is 9.61. The van der Waals surface area contributed by atoms with Gasteiger partial charge in [0.2, 0.25) is 0 Å². The smallest absolute Gasteiger partial charge is 0.410 e. The zero-order chi connectivity index (χ0) is 20.2. The van der Waals surface area contributed by atoms with E-state index in [1.165, 1.54) is 17.5 Å². The van der Waals surface area contributed by atoms with E-state index in [2.05, 4.69) is 32.9 Å². The number of amides is 1. The lowest BCUT2D eigenvalue weighted by Gasteiger charge is -2.33. The van der Waals surface area contributed by atoms with Gasteiger partial charge in [-0.3, -0.25) is 5.14 Å². The van der Waals surface area contributed by atoms with Crippen LogP contribution in [0, 0.1) is 5.92 Å². The summed E-state index contributed by atoms with van der Waals surface area (Å²) in [5, 5.41) is 5.85. The van der Waals surface area contributed by atoms with Gasteiger partial charge in [0.1, 0.15) is 11.4 Å². The SMILES string of the molecule is CC(C)(C)OC(=O)N1CCC(COc2ccc(C(C)(C)C)cc2SN)CC1. The van der Waals surface area contributed by atoms with Crippen LogP contribution in [-0.2, 0) is 10.2 Å². The molecule has 0 radical (unpaired) electrons. The van der Waals surface area contributed by atoms with E-state index in [0.29, 0.717) is 25.6 Å². The highest BCUT2D eigenvalue weighted by Crippen LogP contribution is 2.33. The third-order valence-corrected chi connectivity index (χ3v) is 5.25.